The van der Waals surface area contributed by atoms with Crippen LogP contribution in [0.1, 0.15) is 5.56 Å². The van der Waals surface area contributed by atoms with Gasteiger partial charge < -0.3 is 0 Å². The van der Waals surface area contributed by atoms with Crippen LogP contribution in [-0.2, 0) is 20.0 Å². The Morgan fingerprint density at radius 1 is 0.870 bits per heavy atom. The van der Waals surface area contributed by atoms with Crippen molar-refractivity contribution in [3.63, 3.8) is 0 Å². The van der Waals surface area contributed by atoms with Gasteiger partial charge in [0.2, 0.25) is 10.0 Å². The Kier molecular flexibility index (Phi) is 4.88. The predicted octanol–water partition coefficient (Wildman–Crippen LogP) is 2.82. The van der Waals surface area contributed by atoms with Crippen LogP contribution in [0.25, 0.3) is 0 Å². The first-order valence-electron chi connectivity index (χ1n) is 6.44. The number of benzene rings is 2. The van der Waals surface area contributed by atoms with Crippen LogP contribution in [0.2, 0.25) is 5.02 Å². The quantitative estimate of drug-likeness (QED) is 0.841. The lowest BCUT2D eigenvalue weighted by atomic mass is 10.2. The van der Waals surface area contributed by atoms with Gasteiger partial charge in [0.1, 0.15) is 0 Å². The van der Waals surface area contributed by atoms with Crippen molar-refractivity contribution in [2.45, 2.75) is 11.8 Å². The van der Waals surface area contributed by atoms with Gasteiger partial charge in [0.05, 0.1) is 16.8 Å². The third-order valence-corrected chi connectivity index (χ3v) is 5.30. The summed E-state index contributed by atoms with van der Waals surface area (Å²) in [5.74, 6) is 0. The molecule has 0 unspecified atom stereocenters. The molecule has 0 aromatic heterocycles. The van der Waals surface area contributed by atoms with E-state index in [-0.39, 0.29) is 10.6 Å². The van der Waals surface area contributed by atoms with Crippen molar-refractivity contribution < 1.29 is 16.8 Å². The second-order valence-electron chi connectivity index (χ2n) is 4.97. The predicted molar refractivity (Wildman–Crippen MR) is 91.9 cm³/mol. The van der Waals surface area contributed by atoms with Gasteiger partial charge in [-0.15, -0.1) is 0 Å². The van der Waals surface area contributed by atoms with Gasteiger partial charge >= 0.3 is 0 Å². The highest BCUT2D eigenvalue weighted by Gasteiger charge is 2.15. The zero-order chi connectivity index (χ0) is 17.3. The molecule has 0 saturated heterocycles. The Morgan fingerprint density at radius 2 is 1.43 bits per heavy atom. The Bertz CT molecular complexity index is 924. The van der Waals surface area contributed by atoms with E-state index in [1.165, 1.54) is 30.3 Å². The summed E-state index contributed by atoms with van der Waals surface area (Å²) >= 11 is 5.97. The highest BCUT2D eigenvalue weighted by atomic mass is 35.5. The van der Waals surface area contributed by atoms with E-state index in [1.54, 1.807) is 12.1 Å². The van der Waals surface area contributed by atoms with Crippen LogP contribution < -0.4 is 9.44 Å². The molecule has 23 heavy (non-hydrogen) atoms. The van der Waals surface area contributed by atoms with Crippen molar-refractivity contribution in [3.05, 3.63) is 53.1 Å². The summed E-state index contributed by atoms with van der Waals surface area (Å²) in [6.07, 6.45) is 1.01. The maximum atomic E-state index is 12.3. The van der Waals surface area contributed by atoms with Crippen molar-refractivity contribution >= 4 is 43.0 Å². The Hall–Kier alpha value is -1.77. The van der Waals surface area contributed by atoms with Gasteiger partial charge in [-0.2, -0.15) is 0 Å². The van der Waals surface area contributed by atoms with Crippen LogP contribution in [0, 0.1) is 6.92 Å². The Labute approximate surface area is 140 Å². The van der Waals surface area contributed by atoms with Crippen LogP contribution in [-0.4, -0.2) is 23.1 Å². The van der Waals surface area contributed by atoms with Crippen LogP contribution in [0.15, 0.2) is 47.4 Å². The second kappa shape index (κ2) is 6.38. The average molecular weight is 375 g/mol. The molecule has 9 heteroatoms. The molecule has 0 saturated carbocycles. The summed E-state index contributed by atoms with van der Waals surface area (Å²) in [4.78, 5) is 0.00764. The molecule has 0 bridgehead atoms. The summed E-state index contributed by atoms with van der Waals surface area (Å²) in [7, 11) is -7.20. The van der Waals surface area contributed by atoms with Gasteiger partial charge in [0, 0.05) is 10.7 Å². The number of sulfonamides is 2. The fraction of sp³-hybridized carbons (Fsp3) is 0.143. The summed E-state index contributed by atoms with van der Waals surface area (Å²) in [5.41, 5.74) is 1.47. The summed E-state index contributed by atoms with van der Waals surface area (Å²) in [5, 5.41) is 0.456. The fourth-order valence-electron chi connectivity index (χ4n) is 1.79. The maximum Gasteiger partial charge on any atom is 0.261 e. The lowest BCUT2D eigenvalue weighted by Crippen LogP contribution is -2.13. The molecule has 0 atom stereocenters. The van der Waals surface area contributed by atoms with E-state index in [0.29, 0.717) is 10.7 Å². The molecular formula is C14H15ClN2O4S2. The molecule has 0 amide bonds. The maximum absolute atomic E-state index is 12.3. The second-order valence-corrected chi connectivity index (χ2v) is 8.81. The summed E-state index contributed by atoms with van der Waals surface area (Å²) in [6.45, 7) is 1.81. The molecular weight excluding hydrogens is 360 g/mol. The topological polar surface area (TPSA) is 92.3 Å². The van der Waals surface area contributed by atoms with E-state index in [2.05, 4.69) is 9.44 Å². The number of hydrogen-bond acceptors (Lipinski definition) is 4. The number of nitrogens with one attached hydrogen (secondary N) is 2. The minimum absolute atomic E-state index is 0.00764. The van der Waals surface area contributed by atoms with Crippen LogP contribution in [0.5, 0.6) is 0 Å². The van der Waals surface area contributed by atoms with Crippen molar-refractivity contribution in [1.29, 1.82) is 0 Å². The highest BCUT2D eigenvalue weighted by Crippen LogP contribution is 2.23. The number of rotatable bonds is 5. The third kappa shape index (κ3) is 4.85. The zero-order valence-corrected chi connectivity index (χ0v) is 14.8. The molecule has 0 aliphatic heterocycles. The van der Waals surface area contributed by atoms with Crippen molar-refractivity contribution in [2.75, 3.05) is 15.7 Å². The normalized spacial score (nSPS) is 12.0. The molecule has 2 N–H and O–H groups in total. The van der Waals surface area contributed by atoms with Crippen molar-refractivity contribution in [3.8, 4) is 0 Å². The fourth-order valence-corrected chi connectivity index (χ4v) is 3.58. The van der Waals surface area contributed by atoms with E-state index in [4.69, 9.17) is 11.6 Å². The van der Waals surface area contributed by atoms with E-state index >= 15 is 0 Å². The first-order chi connectivity index (χ1) is 10.6. The molecule has 2 aromatic rings. The van der Waals surface area contributed by atoms with Crippen LogP contribution in [0.4, 0.5) is 11.4 Å². The largest absolute Gasteiger partial charge is 0.284 e. The van der Waals surface area contributed by atoms with Gasteiger partial charge in [-0.05, 0) is 48.9 Å². The highest BCUT2D eigenvalue weighted by molar-refractivity contribution is 7.92. The zero-order valence-electron chi connectivity index (χ0n) is 12.4. The molecule has 124 valence electrons. The van der Waals surface area contributed by atoms with Gasteiger partial charge in [-0.3, -0.25) is 9.44 Å². The van der Waals surface area contributed by atoms with Crippen molar-refractivity contribution in [1.82, 2.24) is 0 Å². The monoisotopic (exact) mass is 374 g/mol. The van der Waals surface area contributed by atoms with Gasteiger partial charge in [0.25, 0.3) is 10.0 Å². The van der Waals surface area contributed by atoms with E-state index < -0.39 is 20.0 Å². The minimum atomic E-state index is -3.79. The van der Waals surface area contributed by atoms with Gasteiger partial charge in [-0.25, -0.2) is 16.8 Å². The lowest BCUT2D eigenvalue weighted by Gasteiger charge is -2.10. The van der Waals surface area contributed by atoms with Gasteiger partial charge in [0.15, 0.2) is 0 Å². The lowest BCUT2D eigenvalue weighted by molar-refractivity contribution is 0.601. The van der Waals surface area contributed by atoms with E-state index in [9.17, 15) is 16.8 Å². The molecule has 0 radical (unpaired) electrons. The van der Waals surface area contributed by atoms with E-state index in [1.807, 2.05) is 6.92 Å². The summed E-state index contributed by atoms with van der Waals surface area (Å²) in [6, 6.07) is 10.2. The minimum Gasteiger partial charge on any atom is -0.284 e. The average Bonchev–Trinajstić information content (AvgIpc) is 2.41. The number of halogens is 1. The SMILES string of the molecule is Cc1ccc(NS(=O)(=O)c2ccc(NS(C)(=O)=O)cc2)cc1Cl. The summed E-state index contributed by atoms with van der Waals surface area (Å²) < 4.78 is 51.5. The number of aryl methyl sites for hydroxylation is 1. The first kappa shape index (κ1) is 17.6. The first-order valence-corrected chi connectivity index (χ1v) is 10.2. The number of anilines is 2. The smallest absolute Gasteiger partial charge is 0.261 e. The Morgan fingerprint density at radius 3 is 1.96 bits per heavy atom. The molecule has 0 heterocycles. The molecule has 0 aliphatic carbocycles. The molecule has 0 fully saturated rings. The molecule has 0 aliphatic rings. The molecule has 2 rings (SSSR count). The molecule has 0 spiro atoms. The third-order valence-electron chi connectivity index (χ3n) is 2.89. The molecule has 2 aromatic carbocycles. The van der Waals surface area contributed by atoms with Crippen molar-refractivity contribution in [2.24, 2.45) is 0 Å². The van der Waals surface area contributed by atoms with Gasteiger partial charge in [-0.1, -0.05) is 17.7 Å². The number of hydrogen-bond donors (Lipinski definition) is 2. The standard InChI is InChI=1S/C14H15ClN2O4S2/c1-10-3-4-12(9-14(10)15)17-23(20,21)13-7-5-11(6-8-13)16-22(2,18)19/h3-9,16-17H,1-2H3. The Balaban J connectivity index is 2.24. The van der Waals surface area contributed by atoms with Crippen LogP contribution >= 0.6 is 11.6 Å². The van der Waals surface area contributed by atoms with Crippen LogP contribution in [0.3, 0.4) is 0 Å². The van der Waals surface area contributed by atoms with E-state index in [0.717, 1.165) is 11.8 Å². The molecule has 6 nitrogen and oxygen atoms in total.